The maximum absolute atomic E-state index is 12.3. The molecule has 1 amide bonds. The molecule has 2 aromatic carbocycles. The molecule has 0 spiro atoms. The van der Waals surface area contributed by atoms with E-state index < -0.39 is 14.9 Å². The lowest BCUT2D eigenvalue weighted by Gasteiger charge is -2.08. The van der Waals surface area contributed by atoms with Crippen molar-refractivity contribution in [1.82, 2.24) is 20.0 Å². The highest BCUT2D eigenvalue weighted by atomic mass is 32.2. The molecule has 0 aliphatic carbocycles. The number of non-ortho nitro benzene ring substituents is 1. The van der Waals surface area contributed by atoms with Gasteiger partial charge < -0.3 is 10.3 Å². The molecule has 4 aromatic rings. The number of rotatable bonds is 10. The molecular weight excluding hydrogens is 470 g/mol. The number of aryl methyl sites for hydroxylation is 1. The molecule has 0 radical (unpaired) electrons. The molecule has 0 unspecified atom stereocenters. The summed E-state index contributed by atoms with van der Waals surface area (Å²) in [5.41, 5.74) is 3.71. The predicted octanol–water partition coefficient (Wildman–Crippen LogP) is 3.17. The van der Waals surface area contributed by atoms with E-state index in [-0.39, 0.29) is 36.0 Å². The van der Waals surface area contributed by atoms with E-state index in [1.165, 1.54) is 12.1 Å². The monoisotopic (exact) mass is 493 g/mol. The van der Waals surface area contributed by atoms with Crippen LogP contribution in [0.2, 0.25) is 0 Å². The topological polar surface area (TPSA) is 147 Å². The zero-order valence-corrected chi connectivity index (χ0v) is 19.4. The van der Waals surface area contributed by atoms with Gasteiger partial charge in [0.2, 0.25) is 15.9 Å². The van der Waals surface area contributed by atoms with Crippen molar-refractivity contribution in [1.29, 1.82) is 0 Å². The highest BCUT2D eigenvalue weighted by molar-refractivity contribution is 7.89. The number of aromatic nitrogens is 2. The van der Waals surface area contributed by atoms with Crippen LogP contribution in [0.25, 0.3) is 22.2 Å². The van der Waals surface area contributed by atoms with Gasteiger partial charge in [-0.15, -0.1) is 0 Å². The zero-order valence-electron chi connectivity index (χ0n) is 18.6. The van der Waals surface area contributed by atoms with E-state index in [9.17, 15) is 23.3 Å². The maximum atomic E-state index is 12.3. The molecule has 180 valence electrons. The van der Waals surface area contributed by atoms with Crippen molar-refractivity contribution in [2.24, 2.45) is 0 Å². The van der Waals surface area contributed by atoms with E-state index in [1.54, 1.807) is 0 Å². The Morgan fingerprint density at radius 3 is 2.46 bits per heavy atom. The molecule has 2 aromatic heterocycles. The summed E-state index contributed by atoms with van der Waals surface area (Å²) in [4.78, 5) is 29.6. The van der Waals surface area contributed by atoms with Gasteiger partial charge in [-0.1, -0.05) is 24.3 Å². The maximum Gasteiger partial charge on any atom is 0.269 e. The van der Waals surface area contributed by atoms with E-state index in [2.05, 4.69) is 26.1 Å². The van der Waals surface area contributed by atoms with Crippen LogP contribution in [0.3, 0.4) is 0 Å². The van der Waals surface area contributed by atoms with Crippen LogP contribution in [-0.2, 0) is 21.2 Å². The summed E-state index contributed by atoms with van der Waals surface area (Å²) in [7, 11) is -3.82. The van der Waals surface area contributed by atoms with Crippen molar-refractivity contribution < 1.29 is 18.1 Å². The third kappa shape index (κ3) is 6.08. The second kappa shape index (κ2) is 10.5. The summed E-state index contributed by atoms with van der Waals surface area (Å²) in [5, 5.41) is 14.4. The molecular formula is C24H23N5O5S. The first-order valence-corrected chi connectivity index (χ1v) is 12.3. The second-order valence-corrected chi connectivity index (χ2v) is 9.60. The number of hydrogen-bond acceptors (Lipinski definition) is 6. The minimum absolute atomic E-state index is 0.000714. The van der Waals surface area contributed by atoms with Gasteiger partial charge >= 0.3 is 0 Å². The van der Waals surface area contributed by atoms with Crippen molar-refractivity contribution >= 4 is 32.7 Å². The number of amides is 1. The number of nitrogens with one attached hydrogen (secondary N) is 3. The summed E-state index contributed by atoms with van der Waals surface area (Å²) in [6, 6.07) is 16.6. The highest BCUT2D eigenvalue weighted by Crippen LogP contribution is 2.23. The lowest BCUT2D eigenvalue weighted by Crippen LogP contribution is -2.34. The molecule has 0 bridgehead atoms. The van der Waals surface area contributed by atoms with Crippen LogP contribution in [0, 0.1) is 10.1 Å². The van der Waals surface area contributed by atoms with Crippen LogP contribution in [0.1, 0.15) is 12.0 Å². The van der Waals surface area contributed by atoms with Crippen molar-refractivity contribution in [3.63, 3.8) is 0 Å². The fraction of sp³-hybridized carbons (Fsp3) is 0.167. The summed E-state index contributed by atoms with van der Waals surface area (Å²) >= 11 is 0. The number of benzene rings is 2. The number of carbonyl (C=O) groups excluding carboxylic acids is 1. The number of carbonyl (C=O) groups is 1. The summed E-state index contributed by atoms with van der Waals surface area (Å²) in [6.07, 6.45) is 4.49. The minimum Gasteiger partial charge on any atom is -0.355 e. The molecule has 10 nitrogen and oxygen atoms in total. The third-order valence-electron chi connectivity index (χ3n) is 5.43. The van der Waals surface area contributed by atoms with Crippen molar-refractivity contribution in [3.8, 4) is 11.1 Å². The van der Waals surface area contributed by atoms with Gasteiger partial charge in [0.05, 0.1) is 9.82 Å². The molecule has 4 rings (SSSR count). The lowest BCUT2D eigenvalue weighted by atomic mass is 10.0. The number of sulfonamides is 1. The van der Waals surface area contributed by atoms with Gasteiger partial charge in [0.1, 0.15) is 5.65 Å². The van der Waals surface area contributed by atoms with Crippen LogP contribution in [0.15, 0.2) is 78.0 Å². The van der Waals surface area contributed by atoms with Crippen LogP contribution in [-0.4, -0.2) is 42.3 Å². The molecule has 0 aliphatic heterocycles. The van der Waals surface area contributed by atoms with Crippen molar-refractivity contribution in [3.05, 3.63) is 88.7 Å². The van der Waals surface area contributed by atoms with Gasteiger partial charge in [-0.3, -0.25) is 14.9 Å². The number of nitrogens with zero attached hydrogens (tertiary/aromatic N) is 2. The Morgan fingerprint density at radius 2 is 1.74 bits per heavy atom. The molecule has 35 heavy (non-hydrogen) atoms. The average Bonchev–Trinajstić information content (AvgIpc) is 3.34. The Morgan fingerprint density at radius 1 is 1.00 bits per heavy atom. The first-order chi connectivity index (χ1) is 16.8. The predicted molar refractivity (Wildman–Crippen MR) is 131 cm³/mol. The summed E-state index contributed by atoms with van der Waals surface area (Å²) in [5.74, 6) is -0.189. The van der Waals surface area contributed by atoms with E-state index in [1.807, 2.05) is 42.7 Å². The Kier molecular flexibility index (Phi) is 7.18. The molecule has 0 saturated carbocycles. The Hall–Kier alpha value is -4.09. The van der Waals surface area contributed by atoms with Gasteiger partial charge in [-0.2, -0.15) is 0 Å². The normalized spacial score (nSPS) is 11.4. The van der Waals surface area contributed by atoms with Crippen LogP contribution >= 0.6 is 0 Å². The Balaban J connectivity index is 1.21. The molecule has 0 aliphatic rings. The highest BCUT2D eigenvalue weighted by Gasteiger charge is 2.15. The van der Waals surface area contributed by atoms with Crippen LogP contribution in [0.5, 0.6) is 0 Å². The number of nitro benzene ring substituents is 1. The summed E-state index contributed by atoms with van der Waals surface area (Å²) < 4.78 is 26.9. The Bertz CT molecular complexity index is 1450. The number of aromatic amines is 1. The second-order valence-electron chi connectivity index (χ2n) is 7.84. The number of hydrogen-bond donors (Lipinski definition) is 3. The van der Waals surface area contributed by atoms with Gasteiger partial charge in [-0.25, -0.2) is 18.1 Å². The minimum atomic E-state index is -3.82. The number of fused-ring (bicyclic) bond motifs is 1. The smallest absolute Gasteiger partial charge is 0.269 e. The summed E-state index contributed by atoms with van der Waals surface area (Å²) in [6.45, 7) is 0.123. The average molecular weight is 494 g/mol. The first kappa shape index (κ1) is 24.0. The molecule has 3 N–H and O–H groups in total. The molecule has 0 saturated heterocycles. The first-order valence-electron chi connectivity index (χ1n) is 10.8. The fourth-order valence-corrected chi connectivity index (χ4v) is 4.56. The zero-order chi connectivity index (χ0) is 24.8. The van der Waals surface area contributed by atoms with Crippen LogP contribution in [0.4, 0.5) is 5.69 Å². The van der Waals surface area contributed by atoms with E-state index in [0.29, 0.717) is 6.42 Å². The SMILES string of the molecule is O=C(CCc1ccc(-c2cnc3[nH]ccc3c2)cc1)NCCNS(=O)(=O)c1ccc([N+](=O)[O-])cc1. The van der Waals surface area contributed by atoms with Crippen LogP contribution < -0.4 is 10.0 Å². The van der Waals surface area contributed by atoms with Gasteiger partial charge in [0.15, 0.2) is 0 Å². The molecule has 0 atom stereocenters. The Labute approximate surface area is 201 Å². The lowest BCUT2D eigenvalue weighted by molar-refractivity contribution is -0.384. The van der Waals surface area contributed by atoms with Gasteiger partial charge in [0, 0.05) is 55.0 Å². The quantitative estimate of drug-likeness (QED) is 0.176. The largest absolute Gasteiger partial charge is 0.355 e. The van der Waals surface area contributed by atoms with Gasteiger partial charge in [0.25, 0.3) is 5.69 Å². The molecule has 0 fully saturated rings. The molecule has 2 heterocycles. The number of pyridine rings is 1. The third-order valence-corrected chi connectivity index (χ3v) is 6.90. The van der Waals surface area contributed by atoms with E-state index >= 15 is 0 Å². The number of H-pyrrole nitrogens is 1. The van der Waals surface area contributed by atoms with E-state index in [4.69, 9.17) is 0 Å². The molecule has 11 heteroatoms. The standard InChI is InChI=1S/C24H23N5O5S/c30-23(25-13-14-28-35(33,34)22-8-6-21(7-9-22)29(31)32)10-3-17-1-4-18(5-2-17)20-15-19-11-12-26-24(19)27-16-20/h1-2,4-9,11-12,15-16,28H,3,10,13-14H2,(H,25,30)(H,26,27). The van der Waals surface area contributed by atoms with E-state index in [0.717, 1.165) is 39.9 Å². The van der Waals surface area contributed by atoms with Crippen molar-refractivity contribution in [2.45, 2.75) is 17.7 Å². The number of nitro groups is 1. The van der Waals surface area contributed by atoms with Crippen molar-refractivity contribution in [2.75, 3.05) is 13.1 Å². The fourth-order valence-electron chi connectivity index (χ4n) is 3.53. The van der Waals surface area contributed by atoms with Gasteiger partial charge in [-0.05, 0) is 41.8 Å².